The van der Waals surface area contributed by atoms with Gasteiger partial charge in [0.15, 0.2) is 0 Å². The van der Waals surface area contributed by atoms with Crippen LogP contribution in [0.3, 0.4) is 0 Å². The topological polar surface area (TPSA) is 41.1 Å². The Kier molecular flexibility index (Phi) is 4.40. The average Bonchev–Trinajstić information content (AvgIpc) is 2.90. The van der Waals surface area contributed by atoms with Gasteiger partial charge < -0.3 is 10.6 Å². The molecule has 2 rings (SSSR count). The minimum atomic E-state index is 0.206. The minimum Gasteiger partial charge on any atom is -0.356 e. The number of allylic oxidation sites excluding steroid dienone is 1. The summed E-state index contributed by atoms with van der Waals surface area (Å²) in [6.07, 6.45) is 10.2. The van der Waals surface area contributed by atoms with Crippen LogP contribution in [-0.2, 0) is 4.79 Å². The molecular weight excluding hydrogens is 200 g/mol. The highest BCUT2D eigenvalue weighted by molar-refractivity contribution is 5.76. The van der Waals surface area contributed by atoms with Crippen LogP contribution in [0.15, 0.2) is 11.6 Å². The lowest BCUT2D eigenvalue weighted by atomic mass is 10.1. The average molecular weight is 222 g/mol. The summed E-state index contributed by atoms with van der Waals surface area (Å²) in [5, 5.41) is 6.36. The highest BCUT2D eigenvalue weighted by Gasteiger charge is 2.17. The van der Waals surface area contributed by atoms with Gasteiger partial charge in [0.1, 0.15) is 0 Å². The lowest BCUT2D eigenvalue weighted by Gasteiger charge is -2.10. The number of carbonyl (C=O) groups excluding carboxylic acids is 1. The van der Waals surface area contributed by atoms with Crippen LogP contribution in [0.2, 0.25) is 0 Å². The van der Waals surface area contributed by atoms with Crippen LogP contribution >= 0.6 is 0 Å². The molecule has 1 unspecified atom stereocenters. The van der Waals surface area contributed by atoms with E-state index < -0.39 is 0 Å². The van der Waals surface area contributed by atoms with Gasteiger partial charge in [-0.3, -0.25) is 4.79 Å². The van der Waals surface area contributed by atoms with Crippen LogP contribution in [0.25, 0.3) is 0 Å². The zero-order valence-corrected chi connectivity index (χ0v) is 9.93. The zero-order chi connectivity index (χ0) is 11.2. The van der Waals surface area contributed by atoms with Crippen molar-refractivity contribution in [1.82, 2.24) is 10.6 Å². The second-order valence-corrected chi connectivity index (χ2v) is 4.85. The van der Waals surface area contributed by atoms with Crippen molar-refractivity contribution in [2.75, 3.05) is 13.1 Å². The molecule has 1 saturated heterocycles. The van der Waals surface area contributed by atoms with E-state index in [-0.39, 0.29) is 5.91 Å². The predicted molar refractivity (Wildman–Crippen MR) is 65.2 cm³/mol. The fraction of sp³-hybridized carbons (Fsp3) is 0.769. The van der Waals surface area contributed by atoms with E-state index in [0.717, 1.165) is 25.9 Å². The van der Waals surface area contributed by atoms with Crippen LogP contribution in [0.1, 0.15) is 44.9 Å². The van der Waals surface area contributed by atoms with E-state index in [1.54, 1.807) is 0 Å². The third-order valence-corrected chi connectivity index (χ3v) is 3.50. The first-order valence-electron chi connectivity index (χ1n) is 6.52. The molecule has 1 heterocycles. The minimum absolute atomic E-state index is 0.206. The molecule has 0 aromatic heterocycles. The molecule has 1 amide bonds. The molecule has 0 bridgehead atoms. The van der Waals surface area contributed by atoms with Crippen molar-refractivity contribution in [3.8, 4) is 0 Å². The van der Waals surface area contributed by atoms with E-state index in [0.29, 0.717) is 12.5 Å². The Hall–Kier alpha value is -0.830. The van der Waals surface area contributed by atoms with Crippen molar-refractivity contribution < 1.29 is 4.79 Å². The maximum Gasteiger partial charge on any atom is 0.221 e. The largest absolute Gasteiger partial charge is 0.356 e. The predicted octanol–water partition coefficient (Wildman–Crippen LogP) is 1.75. The first kappa shape index (κ1) is 11.6. The van der Waals surface area contributed by atoms with Gasteiger partial charge in [0.2, 0.25) is 5.91 Å². The van der Waals surface area contributed by atoms with E-state index in [1.807, 2.05) is 0 Å². The molecule has 1 fully saturated rings. The lowest BCUT2D eigenvalue weighted by molar-refractivity contribution is -0.121. The van der Waals surface area contributed by atoms with Gasteiger partial charge >= 0.3 is 0 Å². The van der Waals surface area contributed by atoms with Crippen molar-refractivity contribution in [3.05, 3.63) is 11.6 Å². The number of hydrogen-bond donors (Lipinski definition) is 2. The second-order valence-electron chi connectivity index (χ2n) is 4.85. The quantitative estimate of drug-likeness (QED) is 0.696. The van der Waals surface area contributed by atoms with Crippen LogP contribution in [0.4, 0.5) is 0 Å². The third-order valence-electron chi connectivity index (χ3n) is 3.50. The molecule has 0 spiro atoms. The Morgan fingerprint density at radius 1 is 1.50 bits per heavy atom. The molecule has 1 atom stereocenters. The van der Waals surface area contributed by atoms with Gasteiger partial charge in [0.05, 0.1) is 0 Å². The molecule has 90 valence electrons. The molecule has 0 saturated carbocycles. The summed E-state index contributed by atoms with van der Waals surface area (Å²) in [6.45, 7) is 1.89. The first-order chi connectivity index (χ1) is 7.84. The summed E-state index contributed by atoms with van der Waals surface area (Å²) >= 11 is 0. The number of amides is 1. The van der Waals surface area contributed by atoms with Gasteiger partial charge in [0, 0.05) is 19.0 Å². The number of nitrogens with one attached hydrogen (secondary N) is 2. The molecular formula is C13H22N2O. The van der Waals surface area contributed by atoms with Crippen LogP contribution in [0.5, 0.6) is 0 Å². The summed E-state index contributed by atoms with van der Waals surface area (Å²) in [7, 11) is 0. The fourth-order valence-electron chi connectivity index (χ4n) is 2.55. The van der Waals surface area contributed by atoms with E-state index in [4.69, 9.17) is 0 Å². The monoisotopic (exact) mass is 222 g/mol. The maximum atomic E-state index is 11.6. The number of rotatable bonds is 5. The van der Waals surface area contributed by atoms with Crippen LogP contribution in [-0.4, -0.2) is 25.0 Å². The Morgan fingerprint density at radius 2 is 2.44 bits per heavy atom. The van der Waals surface area contributed by atoms with Gasteiger partial charge in [0.25, 0.3) is 0 Å². The normalized spacial score (nSPS) is 24.5. The lowest BCUT2D eigenvalue weighted by Crippen LogP contribution is -2.32. The van der Waals surface area contributed by atoms with Gasteiger partial charge in [-0.25, -0.2) is 0 Å². The van der Waals surface area contributed by atoms with Gasteiger partial charge in [-0.2, -0.15) is 0 Å². The summed E-state index contributed by atoms with van der Waals surface area (Å²) in [4.78, 5) is 11.6. The Bertz CT molecular complexity index is 267. The van der Waals surface area contributed by atoms with Crippen molar-refractivity contribution in [1.29, 1.82) is 0 Å². The fourth-order valence-corrected chi connectivity index (χ4v) is 2.55. The van der Waals surface area contributed by atoms with Crippen LogP contribution < -0.4 is 10.6 Å². The summed E-state index contributed by atoms with van der Waals surface area (Å²) in [5.74, 6) is 0.206. The molecule has 2 aliphatic rings. The molecule has 1 aliphatic heterocycles. The Morgan fingerprint density at radius 3 is 3.12 bits per heavy atom. The van der Waals surface area contributed by atoms with E-state index in [9.17, 15) is 4.79 Å². The Balaban J connectivity index is 1.56. The summed E-state index contributed by atoms with van der Waals surface area (Å²) < 4.78 is 0. The number of hydrogen-bond acceptors (Lipinski definition) is 2. The molecule has 0 aromatic rings. The summed E-state index contributed by atoms with van der Waals surface area (Å²) in [6, 6.07) is 0.422. The van der Waals surface area contributed by atoms with Gasteiger partial charge in [-0.05, 0) is 45.1 Å². The van der Waals surface area contributed by atoms with Crippen molar-refractivity contribution in [2.24, 2.45) is 0 Å². The molecule has 0 radical (unpaired) electrons. The molecule has 3 nitrogen and oxygen atoms in total. The van der Waals surface area contributed by atoms with Crippen molar-refractivity contribution >= 4 is 5.91 Å². The SMILES string of the molecule is O=C(CC1CCCN1)NCCC1=CCCC1. The second kappa shape index (κ2) is 6.04. The smallest absolute Gasteiger partial charge is 0.221 e. The third kappa shape index (κ3) is 3.63. The van der Waals surface area contributed by atoms with E-state index >= 15 is 0 Å². The van der Waals surface area contributed by atoms with Gasteiger partial charge in [-0.15, -0.1) is 0 Å². The Labute approximate surface area is 97.7 Å². The van der Waals surface area contributed by atoms with Crippen molar-refractivity contribution in [3.63, 3.8) is 0 Å². The molecule has 2 N–H and O–H groups in total. The highest BCUT2D eigenvalue weighted by atomic mass is 16.1. The first-order valence-corrected chi connectivity index (χ1v) is 6.52. The summed E-state index contributed by atoms with van der Waals surface area (Å²) in [5.41, 5.74) is 1.53. The molecule has 0 aromatic carbocycles. The highest BCUT2D eigenvalue weighted by Crippen LogP contribution is 2.19. The molecule has 1 aliphatic carbocycles. The molecule has 3 heteroatoms. The van der Waals surface area contributed by atoms with Crippen molar-refractivity contribution in [2.45, 2.75) is 51.0 Å². The van der Waals surface area contributed by atoms with Gasteiger partial charge in [-0.1, -0.05) is 11.6 Å². The zero-order valence-electron chi connectivity index (χ0n) is 9.93. The molecule has 16 heavy (non-hydrogen) atoms. The van der Waals surface area contributed by atoms with Crippen LogP contribution in [0, 0.1) is 0 Å². The van der Waals surface area contributed by atoms with E-state index in [2.05, 4.69) is 16.7 Å². The van der Waals surface area contributed by atoms with E-state index in [1.165, 1.54) is 31.3 Å². The number of carbonyl (C=O) groups is 1. The maximum absolute atomic E-state index is 11.6. The standard InChI is InChI=1S/C13H22N2O/c16-13(10-12-6-3-8-14-12)15-9-7-11-4-1-2-5-11/h4,12,14H,1-3,5-10H2,(H,15,16).